The van der Waals surface area contributed by atoms with Gasteiger partial charge in [0.15, 0.2) is 0 Å². The Morgan fingerprint density at radius 2 is 1.77 bits per heavy atom. The van der Waals surface area contributed by atoms with Crippen molar-refractivity contribution in [2.75, 3.05) is 33.3 Å². The number of carbonyl (C=O) groups excluding carboxylic acids is 1. The number of benzene rings is 2. The van der Waals surface area contributed by atoms with E-state index in [0.717, 1.165) is 30.0 Å². The van der Waals surface area contributed by atoms with Crippen LogP contribution in [0.2, 0.25) is 0 Å². The largest absolute Gasteiger partial charge is 0.496 e. The number of rotatable bonds is 6. The number of nitrogens with zero attached hydrogens (tertiary/aromatic N) is 4. The molecular weight excluding hydrogens is 392 g/mol. The van der Waals surface area contributed by atoms with E-state index in [1.807, 2.05) is 59.5 Å². The zero-order valence-corrected chi connectivity index (χ0v) is 17.8. The second-order valence-electron chi connectivity index (χ2n) is 7.43. The van der Waals surface area contributed by atoms with Crippen LogP contribution < -0.4 is 4.74 Å². The third-order valence-corrected chi connectivity index (χ3v) is 5.55. The number of carbonyl (C=O) groups is 1. The van der Waals surface area contributed by atoms with Gasteiger partial charge in [0.1, 0.15) is 5.75 Å². The van der Waals surface area contributed by atoms with E-state index in [4.69, 9.17) is 9.26 Å². The van der Waals surface area contributed by atoms with Crippen LogP contribution in [0.3, 0.4) is 0 Å². The summed E-state index contributed by atoms with van der Waals surface area (Å²) in [6, 6.07) is 17.4. The Balaban J connectivity index is 1.33. The summed E-state index contributed by atoms with van der Waals surface area (Å²) in [5, 5.41) is 4.12. The monoisotopic (exact) mass is 418 g/mol. The fourth-order valence-corrected chi connectivity index (χ4v) is 3.67. The molecule has 1 aromatic heterocycles. The predicted molar refractivity (Wildman–Crippen MR) is 118 cm³/mol. The third-order valence-electron chi connectivity index (χ3n) is 5.55. The Kier molecular flexibility index (Phi) is 6.43. The molecule has 4 rings (SSSR count). The van der Waals surface area contributed by atoms with Crippen molar-refractivity contribution >= 4 is 12.0 Å². The summed E-state index contributed by atoms with van der Waals surface area (Å²) in [6.45, 7) is 4.86. The second kappa shape index (κ2) is 9.57. The molecule has 0 aliphatic carbocycles. The van der Waals surface area contributed by atoms with Gasteiger partial charge in [0, 0.05) is 43.4 Å². The van der Waals surface area contributed by atoms with E-state index < -0.39 is 0 Å². The summed E-state index contributed by atoms with van der Waals surface area (Å²) in [6.07, 6.45) is 3.42. The van der Waals surface area contributed by atoms with Gasteiger partial charge in [0.25, 0.3) is 0 Å². The van der Waals surface area contributed by atoms with Gasteiger partial charge < -0.3 is 14.2 Å². The maximum atomic E-state index is 12.6. The van der Waals surface area contributed by atoms with E-state index in [9.17, 15) is 4.79 Å². The Labute approximate surface area is 181 Å². The van der Waals surface area contributed by atoms with Gasteiger partial charge in [-0.05, 0) is 19.1 Å². The van der Waals surface area contributed by atoms with Crippen LogP contribution in [0.1, 0.15) is 24.4 Å². The molecule has 1 amide bonds. The van der Waals surface area contributed by atoms with E-state index >= 15 is 0 Å². The molecule has 160 valence electrons. The van der Waals surface area contributed by atoms with Crippen molar-refractivity contribution in [3.63, 3.8) is 0 Å². The quantitative estimate of drug-likeness (QED) is 0.569. The number of methoxy groups -OCH3 is 1. The summed E-state index contributed by atoms with van der Waals surface area (Å²) < 4.78 is 10.8. The second-order valence-corrected chi connectivity index (χ2v) is 7.43. The molecule has 7 nitrogen and oxygen atoms in total. The maximum absolute atomic E-state index is 12.6. The van der Waals surface area contributed by atoms with E-state index in [1.54, 1.807) is 19.3 Å². The van der Waals surface area contributed by atoms with Crippen LogP contribution in [-0.2, 0) is 4.79 Å². The van der Waals surface area contributed by atoms with Crippen LogP contribution in [0, 0.1) is 0 Å². The molecule has 31 heavy (non-hydrogen) atoms. The van der Waals surface area contributed by atoms with Crippen LogP contribution in [0.25, 0.3) is 17.5 Å². The highest BCUT2D eigenvalue weighted by Gasteiger charge is 2.27. The summed E-state index contributed by atoms with van der Waals surface area (Å²) in [5.74, 6) is 1.94. The van der Waals surface area contributed by atoms with E-state index in [2.05, 4.69) is 22.0 Å². The summed E-state index contributed by atoms with van der Waals surface area (Å²) in [5.41, 5.74) is 1.82. The summed E-state index contributed by atoms with van der Waals surface area (Å²) >= 11 is 0. The fraction of sp³-hybridized carbons (Fsp3) is 0.292. The van der Waals surface area contributed by atoms with Gasteiger partial charge in [-0.25, -0.2) is 0 Å². The molecule has 1 atom stereocenters. The molecule has 7 heteroatoms. The van der Waals surface area contributed by atoms with Crippen LogP contribution in [0.15, 0.2) is 65.2 Å². The van der Waals surface area contributed by atoms with Crippen molar-refractivity contribution in [3.05, 3.63) is 72.1 Å². The SMILES string of the molecule is COc1ccccc1/C=C/C(=O)N1CCN(C(C)c2nc(-c3ccccc3)no2)CC1. The van der Waals surface area contributed by atoms with Crippen LogP contribution in [-0.4, -0.2) is 59.1 Å². The lowest BCUT2D eigenvalue weighted by Gasteiger charge is -2.36. The predicted octanol–water partition coefficient (Wildman–Crippen LogP) is 3.66. The molecule has 0 spiro atoms. The summed E-state index contributed by atoms with van der Waals surface area (Å²) in [4.78, 5) is 21.3. The zero-order chi connectivity index (χ0) is 21.6. The van der Waals surface area contributed by atoms with Crippen molar-refractivity contribution in [2.24, 2.45) is 0 Å². The normalized spacial score (nSPS) is 15.9. The number of aromatic nitrogens is 2. The highest BCUT2D eigenvalue weighted by Crippen LogP contribution is 2.24. The van der Waals surface area contributed by atoms with E-state index in [1.165, 1.54) is 0 Å². The molecule has 1 unspecified atom stereocenters. The van der Waals surface area contributed by atoms with Gasteiger partial charge >= 0.3 is 0 Å². The Bertz CT molecular complexity index is 1040. The first kappa shape index (κ1) is 20.8. The number of hydrogen-bond acceptors (Lipinski definition) is 6. The number of ether oxygens (including phenoxy) is 1. The van der Waals surface area contributed by atoms with Crippen molar-refractivity contribution in [3.8, 4) is 17.1 Å². The fourth-order valence-electron chi connectivity index (χ4n) is 3.67. The minimum atomic E-state index is -0.00802. The number of hydrogen-bond donors (Lipinski definition) is 0. The Morgan fingerprint density at radius 3 is 2.52 bits per heavy atom. The molecule has 1 saturated heterocycles. The third kappa shape index (κ3) is 4.83. The van der Waals surface area contributed by atoms with Gasteiger partial charge in [-0.3, -0.25) is 9.69 Å². The molecule has 0 N–H and O–H groups in total. The number of amides is 1. The highest BCUT2D eigenvalue weighted by atomic mass is 16.5. The molecule has 0 radical (unpaired) electrons. The van der Waals surface area contributed by atoms with Crippen LogP contribution in [0.5, 0.6) is 5.75 Å². The standard InChI is InChI=1S/C24H26N4O3/c1-18(24-25-23(26-31-24)20-9-4-3-5-10-20)27-14-16-28(17-15-27)22(29)13-12-19-8-6-7-11-21(19)30-2/h3-13,18H,14-17H2,1-2H3/b13-12+. The molecule has 1 aliphatic rings. The Hall–Kier alpha value is -3.45. The lowest BCUT2D eigenvalue weighted by molar-refractivity contribution is -0.128. The minimum Gasteiger partial charge on any atom is -0.496 e. The molecule has 3 aromatic rings. The first-order valence-corrected chi connectivity index (χ1v) is 10.4. The Morgan fingerprint density at radius 1 is 1.06 bits per heavy atom. The maximum Gasteiger partial charge on any atom is 0.246 e. The van der Waals surface area contributed by atoms with Crippen molar-refractivity contribution in [2.45, 2.75) is 13.0 Å². The van der Waals surface area contributed by atoms with Gasteiger partial charge in [0.05, 0.1) is 13.2 Å². The van der Waals surface area contributed by atoms with Gasteiger partial charge in [-0.15, -0.1) is 0 Å². The highest BCUT2D eigenvalue weighted by molar-refractivity contribution is 5.92. The zero-order valence-electron chi connectivity index (χ0n) is 17.8. The molecule has 0 saturated carbocycles. The number of para-hydroxylation sites is 1. The molecular formula is C24H26N4O3. The molecule has 2 heterocycles. The van der Waals surface area contributed by atoms with Crippen LogP contribution >= 0.6 is 0 Å². The topological polar surface area (TPSA) is 71.7 Å². The minimum absolute atomic E-state index is 0.00219. The van der Waals surface area contributed by atoms with E-state index in [-0.39, 0.29) is 11.9 Å². The molecule has 1 fully saturated rings. The van der Waals surface area contributed by atoms with Crippen LogP contribution in [0.4, 0.5) is 0 Å². The van der Waals surface area contributed by atoms with Gasteiger partial charge in [0.2, 0.25) is 17.6 Å². The average Bonchev–Trinajstić information content (AvgIpc) is 3.33. The lowest BCUT2D eigenvalue weighted by Crippen LogP contribution is -2.48. The average molecular weight is 418 g/mol. The smallest absolute Gasteiger partial charge is 0.246 e. The lowest BCUT2D eigenvalue weighted by atomic mass is 10.1. The molecule has 0 bridgehead atoms. The summed E-state index contributed by atoms with van der Waals surface area (Å²) in [7, 11) is 1.63. The molecule has 1 aliphatic heterocycles. The van der Waals surface area contributed by atoms with Crippen molar-refractivity contribution in [1.82, 2.24) is 19.9 Å². The van der Waals surface area contributed by atoms with Crippen molar-refractivity contribution < 1.29 is 14.1 Å². The van der Waals surface area contributed by atoms with Crippen molar-refractivity contribution in [1.29, 1.82) is 0 Å². The number of piperazine rings is 1. The van der Waals surface area contributed by atoms with E-state index in [0.29, 0.717) is 24.8 Å². The first-order valence-electron chi connectivity index (χ1n) is 10.4. The molecule has 2 aromatic carbocycles. The van der Waals surface area contributed by atoms with Gasteiger partial charge in [-0.2, -0.15) is 4.98 Å². The first-order chi connectivity index (χ1) is 15.2. The van der Waals surface area contributed by atoms with Gasteiger partial charge in [-0.1, -0.05) is 53.7 Å².